The third-order valence-electron chi connectivity index (χ3n) is 3.50. The molecule has 1 unspecified atom stereocenters. The van der Waals surface area contributed by atoms with Crippen LogP contribution in [0.1, 0.15) is 38.2 Å². The largest absolute Gasteiger partial charge is 0.295 e. The molecule has 1 aliphatic heterocycles. The lowest BCUT2D eigenvalue weighted by molar-refractivity contribution is 0.288. The van der Waals surface area contributed by atoms with Gasteiger partial charge in [-0.3, -0.25) is 4.90 Å². The van der Waals surface area contributed by atoms with E-state index in [4.69, 9.17) is 12.2 Å². The van der Waals surface area contributed by atoms with E-state index in [2.05, 4.69) is 42.2 Å². The molecule has 0 amide bonds. The van der Waals surface area contributed by atoms with Crippen molar-refractivity contribution in [1.29, 1.82) is 0 Å². The van der Waals surface area contributed by atoms with Crippen LogP contribution >= 0.6 is 12.2 Å². The summed E-state index contributed by atoms with van der Waals surface area (Å²) in [5.74, 6) is 0. The van der Waals surface area contributed by atoms with Crippen LogP contribution in [0, 0.1) is 0 Å². The van der Waals surface area contributed by atoms with E-state index in [1.54, 1.807) is 0 Å². The van der Waals surface area contributed by atoms with E-state index in [1.807, 2.05) is 0 Å². The molecule has 0 saturated carbocycles. The van der Waals surface area contributed by atoms with Crippen molar-refractivity contribution < 1.29 is 0 Å². The molecule has 1 fully saturated rings. The molecule has 0 radical (unpaired) electrons. The Kier molecular flexibility index (Phi) is 4.69. The molecule has 2 rings (SSSR count). The first-order valence-electron chi connectivity index (χ1n) is 6.66. The summed E-state index contributed by atoms with van der Waals surface area (Å²) in [6, 6.07) is 11.0. The third-order valence-corrected chi connectivity index (χ3v) is 4.01. The van der Waals surface area contributed by atoms with Gasteiger partial charge in [-0.25, -0.2) is 0 Å². The van der Waals surface area contributed by atoms with Crippen LogP contribution in [0.15, 0.2) is 30.3 Å². The summed E-state index contributed by atoms with van der Waals surface area (Å²) in [6.07, 6.45) is 5.05. The minimum atomic E-state index is 0.472. The Labute approximate surface area is 110 Å². The topological polar surface area (TPSA) is 3.24 Å². The van der Waals surface area contributed by atoms with E-state index in [-0.39, 0.29) is 0 Å². The smallest absolute Gasteiger partial charge is 0.0455 e. The van der Waals surface area contributed by atoms with Crippen LogP contribution in [0.4, 0.5) is 0 Å². The summed E-state index contributed by atoms with van der Waals surface area (Å²) in [5, 5.41) is 0. The summed E-state index contributed by atoms with van der Waals surface area (Å²) in [5.41, 5.74) is 1.23. The van der Waals surface area contributed by atoms with Crippen LogP contribution in [0.2, 0.25) is 0 Å². The van der Waals surface area contributed by atoms with E-state index in [0.717, 1.165) is 4.86 Å². The zero-order chi connectivity index (χ0) is 12.1. The monoisotopic (exact) mass is 247 g/mol. The van der Waals surface area contributed by atoms with Gasteiger partial charge in [0.15, 0.2) is 0 Å². The quantitative estimate of drug-likeness (QED) is 0.577. The second kappa shape index (κ2) is 6.27. The van der Waals surface area contributed by atoms with Gasteiger partial charge in [-0.1, -0.05) is 55.9 Å². The number of likely N-dealkylation sites (tertiary alicyclic amines) is 1. The van der Waals surface area contributed by atoms with Crippen molar-refractivity contribution in [3.8, 4) is 0 Å². The SMILES string of the molecule is CCCC(C(=S)c1ccccc1)N1CCCC1. The fraction of sp³-hybridized carbons (Fsp3) is 0.533. The van der Waals surface area contributed by atoms with Crippen LogP contribution in [-0.4, -0.2) is 28.9 Å². The summed E-state index contributed by atoms with van der Waals surface area (Å²) in [7, 11) is 0. The number of hydrogen-bond acceptors (Lipinski definition) is 2. The molecule has 0 spiro atoms. The minimum Gasteiger partial charge on any atom is -0.295 e. The predicted octanol–water partition coefficient (Wildman–Crippen LogP) is 3.67. The first kappa shape index (κ1) is 12.7. The molecular formula is C15H21NS. The normalized spacial score (nSPS) is 18.2. The molecule has 17 heavy (non-hydrogen) atoms. The van der Waals surface area contributed by atoms with Crippen molar-refractivity contribution in [2.45, 2.75) is 38.6 Å². The average Bonchev–Trinajstić information content (AvgIpc) is 2.90. The highest BCUT2D eigenvalue weighted by atomic mass is 32.1. The van der Waals surface area contributed by atoms with Gasteiger partial charge in [-0.2, -0.15) is 0 Å². The maximum atomic E-state index is 5.70. The summed E-state index contributed by atoms with van der Waals surface area (Å²) < 4.78 is 0. The second-order valence-corrected chi connectivity index (χ2v) is 5.22. The molecule has 0 bridgehead atoms. The Morgan fingerprint density at radius 2 is 1.88 bits per heavy atom. The molecule has 1 saturated heterocycles. The van der Waals surface area contributed by atoms with Crippen LogP contribution in [-0.2, 0) is 0 Å². The van der Waals surface area contributed by atoms with Gasteiger partial charge in [0.2, 0.25) is 0 Å². The van der Waals surface area contributed by atoms with Crippen molar-refractivity contribution in [3.63, 3.8) is 0 Å². The Morgan fingerprint density at radius 1 is 1.24 bits per heavy atom. The Balaban J connectivity index is 2.12. The number of thiocarbonyl (C=S) groups is 1. The molecule has 1 aliphatic rings. The van der Waals surface area contributed by atoms with Gasteiger partial charge in [0.25, 0.3) is 0 Å². The molecule has 1 aromatic rings. The van der Waals surface area contributed by atoms with Crippen molar-refractivity contribution in [3.05, 3.63) is 35.9 Å². The van der Waals surface area contributed by atoms with Crippen molar-refractivity contribution in [2.75, 3.05) is 13.1 Å². The predicted molar refractivity (Wildman–Crippen MR) is 77.6 cm³/mol. The van der Waals surface area contributed by atoms with Gasteiger partial charge >= 0.3 is 0 Å². The second-order valence-electron chi connectivity index (χ2n) is 4.78. The van der Waals surface area contributed by atoms with Crippen LogP contribution in [0.25, 0.3) is 0 Å². The molecule has 0 aromatic heterocycles. The fourth-order valence-electron chi connectivity index (χ4n) is 2.60. The Morgan fingerprint density at radius 3 is 2.47 bits per heavy atom. The zero-order valence-corrected chi connectivity index (χ0v) is 11.4. The molecule has 2 heteroatoms. The highest BCUT2D eigenvalue weighted by Crippen LogP contribution is 2.20. The maximum absolute atomic E-state index is 5.70. The van der Waals surface area contributed by atoms with E-state index in [0.29, 0.717) is 6.04 Å². The summed E-state index contributed by atoms with van der Waals surface area (Å²) in [6.45, 7) is 4.69. The lowest BCUT2D eigenvalue weighted by Gasteiger charge is -2.28. The van der Waals surface area contributed by atoms with Crippen molar-refractivity contribution in [2.24, 2.45) is 0 Å². The summed E-state index contributed by atoms with van der Waals surface area (Å²) >= 11 is 5.70. The van der Waals surface area contributed by atoms with Gasteiger partial charge in [-0.15, -0.1) is 0 Å². The summed E-state index contributed by atoms with van der Waals surface area (Å²) in [4.78, 5) is 3.70. The number of nitrogens with zero attached hydrogens (tertiary/aromatic N) is 1. The highest BCUT2D eigenvalue weighted by molar-refractivity contribution is 7.81. The van der Waals surface area contributed by atoms with Crippen LogP contribution in [0.3, 0.4) is 0 Å². The minimum absolute atomic E-state index is 0.472. The van der Waals surface area contributed by atoms with Crippen molar-refractivity contribution >= 4 is 17.1 Å². The molecule has 1 aromatic carbocycles. The standard InChI is InChI=1S/C15H21NS/c1-2-8-14(16-11-6-7-12-16)15(17)13-9-4-3-5-10-13/h3-5,9-10,14H,2,6-8,11-12H2,1H3. The third kappa shape index (κ3) is 3.14. The molecule has 0 N–H and O–H groups in total. The van der Waals surface area contributed by atoms with Gasteiger partial charge in [0.1, 0.15) is 0 Å². The molecule has 1 nitrogen and oxygen atoms in total. The molecular weight excluding hydrogens is 226 g/mol. The molecule has 0 aliphatic carbocycles. The van der Waals surface area contributed by atoms with Gasteiger partial charge in [0.05, 0.1) is 0 Å². The highest BCUT2D eigenvalue weighted by Gasteiger charge is 2.25. The lowest BCUT2D eigenvalue weighted by Crippen LogP contribution is -2.38. The van der Waals surface area contributed by atoms with Gasteiger partial charge < -0.3 is 0 Å². The van der Waals surface area contributed by atoms with E-state index >= 15 is 0 Å². The molecule has 1 heterocycles. The molecule has 1 atom stereocenters. The number of hydrogen-bond donors (Lipinski definition) is 0. The zero-order valence-electron chi connectivity index (χ0n) is 10.6. The Hall–Kier alpha value is -0.730. The van der Waals surface area contributed by atoms with Crippen LogP contribution < -0.4 is 0 Å². The lowest BCUT2D eigenvalue weighted by atomic mass is 10.0. The Bertz CT molecular complexity index is 354. The van der Waals surface area contributed by atoms with Gasteiger partial charge in [0, 0.05) is 10.9 Å². The maximum Gasteiger partial charge on any atom is 0.0455 e. The first-order valence-corrected chi connectivity index (χ1v) is 7.07. The number of rotatable bonds is 5. The number of benzene rings is 1. The molecule has 92 valence electrons. The first-order chi connectivity index (χ1) is 8.33. The van der Waals surface area contributed by atoms with E-state index in [1.165, 1.54) is 44.3 Å². The van der Waals surface area contributed by atoms with E-state index in [9.17, 15) is 0 Å². The fourth-order valence-corrected chi connectivity index (χ4v) is 3.00. The van der Waals surface area contributed by atoms with E-state index < -0.39 is 0 Å². The van der Waals surface area contributed by atoms with Gasteiger partial charge in [-0.05, 0) is 37.9 Å². The van der Waals surface area contributed by atoms with Crippen molar-refractivity contribution in [1.82, 2.24) is 4.90 Å². The average molecular weight is 247 g/mol. The van der Waals surface area contributed by atoms with Crippen LogP contribution in [0.5, 0.6) is 0 Å².